The zero-order chi connectivity index (χ0) is 12.3. The van der Waals surface area contributed by atoms with E-state index in [0.29, 0.717) is 24.9 Å². The van der Waals surface area contributed by atoms with Gasteiger partial charge in [-0.05, 0) is 22.9 Å². The van der Waals surface area contributed by atoms with Gasteiger partial charge in [0.2, 0.25) is 5.88 Å². The van der Waals surface area contributed by atoms with Gasteiger partial charge >= 0.3 is 0 Å². The van der Waals surface area contributed by atoms with Crippen LogP contribution in [0.1, 0.15) is 19.4 Å². The van der Waals surface area contributed by atoms with Crippen molar-refractivity contribution in [2.45, 2.75) is 20.4 Å². The third kappa shape index (κ3) is 2.56. The number of benzene rings is 1. The van der Waals surface area contributed by atoms with Crippen molar-refractivity contribution >= 4 is 10.8 Å². The Kier molecular flexibility index (Phi) is 3.59. The van der Waals surface area contributed by atoms with Gasteiger partial charge in [-0.1, -0.05) is 32.0 Å². The fraction of sp³-hybridized carbons (Fsp3) is 0.357. The third-order valence-electron chi connectivity index (χ3n) is 2.61. The van der Waals surface area contributed by atoms with Crippen molar-refractivity contribution in [1.82, 2.24) is 4.98 Å². The molecule has 0 amide bonds. The average molecular weight is 230 g/mol. The molecule has 0 spiro atoms. The van der Waals surface area contributed by atoms with E-state index in [4.69, 9.17) is 10.5 Å². The molecule has 1 aromatic heterocycles. The van der Waals surface area contributed by atoms with Crippen molar-refractivity contribution in [3.8, 4) is 5.88 Å². The quantitative estimate of drug-likeness (QED) is 0.878. The van der Waals surface area contributed by atoms with Crippen LogP contribution >= 0.6 is 0 Å². The number of pyridine rings is 1. The van der Waals surface area contributed by atoms with Gasteiger partial charge in [0.25, 0.3) is 0 Å². The van der Waals surface area contributed by atoms with Gasteiger partial charge in [-0.25, -0.2) is 4.98 Å². The smallest absolute Gasteiger partial charge is 0.221 e. The summed E-state index contributed by atoms with van der Waals surface area (Å²) < 4.78 is 5.73. The standard InChI is InChI=1S/C14H18N2O/c1-10(2)9-17-14-13-6-4-3-5-12(13)11(7-15)8-16-14/h3-6,8,10H,7,9,15H2,1-2H3. The largest absolute Gasteiger partial charge is 0.477 e. The number of fused-ring (bicyclic) bond motifs is 1. The molecule has 0 radical (unpaired) electrons. The van der Waals surface area contributed by atoms with Gasteiger partial charge in [0, 0.05) is 18.1 Å². The monoisotopic (exact) mass is 230 g/mol. The van der Waals surface area contributed by atoms with Gasteiger partial charge < -0.3 is 10.5 Å². The Hall–Kier alpha value is -1.61. The van der Waals surface area contributed by atoms with Gasteiger partial charge in [-0.2, -0.15) is 0 Å². The summed E-state index contributed by atoms with van der Waals surface area (Å²) in [4.78, 5) is 4.35. The minimum atomic E-state index is 0.491. The Morgan fingerprint density at radius 3 is 2.59 bits per heavy atom. The molecule has 0 aliphatic carbocycles. The summed E-state index contributed by atoms with van der Waals surface area (Å²) in [6.45, 7) is 5.42. The Balaban J connectivity index is 2.43. The minimum Gasteiger partial charge on any atom is -0.477 e. The van der Waals surface area contributed by atoms with Crippen LogP contribution in [0.3, 0.4) is 0 Å². The van der Waals surface area contributed by atoms with Crippen LogP contribution in [0.5, 0.6) is 5.88 Å². The van der Waals surface area contributed by atoms with Crippen molar-refractivity contribution < 1.29 is 4.74 Å². The van der Waals surface area contributed by atoms with Crippen molar-refractivity contribution in [2.75, 3.05) is 6.61 Å². The number of rotatable bonds is 4. The minimum absolute atomic E-state index is 0.491. The molecule has 2 rings (SSSR count). The first-order chi connectivity index (χ1) is 8.22. The fourth-order valence-corrected chi connectivity index (χ4v) is 1.75. The summed E-state index contributed by atoms with van der Waals surface area (Å²) in [7, 11) is 0. The summed E-state index contributed by atoms with van der Waals surface area (Å²) in [6.07, 6.45) is 1.80. The highest BCUT2D eigenvalue weighted by Crippen LogP contribution is 2.26. The second-order valence-electron chi connectivity index (χ2n) is 4.54. The Morgan fingerprint density at radius 1 is 1.24 bits per heavy atom. The van der Waals surface area contributed by atoms with E-state index in [-0.39, 0.29) is 0 Å². The maximum absolute atomic E-state index is 5.73. The van der Waals surface area contributed by atoms with Gasteiger partial charge in [0.1, 0.15) is 0 Å². The molecular weight excluding hydrogens is 212 g/mol. The highest BCUT2D eigenvalue weighted by molar-refractivity contribution is 5.89. The molecule has 0 aliphatic heterocycles. The van der Waals surface area contributed by atoms with Crippen molar-refractivity contribution in [3.05, 3.63) is 36.0 Å². The molecule has 1 aromatic carbocycles. The lowest BCUT2D eigenvalue weighted by atomic mass is 10.1. The predicted molar refractivity (Wildman–Crippen MR) is 70.0 cm³/mol. The Bertz CT molecular complexity index is 509. The average Bonchev–Trinajstić information content (AvgIpc) is 2.35. The van der Waals surface area contributed by atoms with E-state index in [2.05, 4.69) is 24.9 Å². The topological polar surface area (TPSA) is 48.1 Å². The van der Waals surface area contributed by atoms with Gasteiger partial charge in [-0.3, -0.25) is 0 Å². The maximum atomic E-state index is 5.73. The molecule has 0 bridgehead atoms. The number of nitrogens with zero attached hydrogens (tertiary/aromatic N) is 1. The lowest BCUT2D eigenvalue weighted by Crippen LogP contribution is -2.07. The summed E-state index contributed by atoms with van der Waals surface area (Å²) in [5.41, 5.74) is 6.76. The molecule has 0 atom stereocenters. The highest BCUT2D eigenvalue weighted by Gasteiger charge is 2.07. The van der Waals surface area contributed by atoms with Crippen LogP contribution in [0.15, 0.2) is 30.5 Å². The lowest BCUT2D eigenvalue weighted by Gasteiger charge is -2.11. The first-order valence-corrected chi connectivity index (χ1v) is 5.92. The van der Waals surface area contributed by atoms with Crippen LogP contribution in [0.25, 0.3) is 10.8 Å². The van der Waals surface area contributed by atoms with E-state index in [1.807, 2.05) is 18.2 Å². The first-order valence-electron chi connectivity index (χ1n) is 5.92. The molecule has 90 valence electrons. The zero-order valence-corrected chi connectivity index (χ0v) is 10.3. The molecule has 1 heterocycles. The molecule has 0 saturated heterocycles. The van der Waals surface area contributed by atoms with Crippen molar-refractivity contribution in [3.63, 3.8) is 0 Å². The second-order valence-corrected chi connectivity index (χ2v) is 4.54. The van der Waals surface area contributed by atoms with Crippen LogP contribution < -0.4 is 10.5 Å². The number of ether oxygens (including phenoxy) is 1. The molecule has 17 heavy (non-hydrogen) atoms. The van der Waals surface area contributed by atoms with Crippen LogP contribution in [-0.4, -0.2) is 11.6 Å². The predicted octanol–water partition coefficient (Wildman–Crippen LogP) is 2.73. The lowest BCUT2D eigenvalue weighted by molar-refractivity contribution is 0.264. The van der Waals surface area contributed by atoms with E-state index in [9.17, 15) is 0 Å². The number of aromatic nitrogens is 1. The molecule has 0 aliphatic rings. The molecule has 2 N–H and O–H groups in total. The van der Waals surface area contributed by atoms with E-state index in [1.54, 1.807) is 6.20 Å². The van der Waals surface area contributed by atoms with Crippen LogP contribution in [0, 0.1) is 5.92 Å². The van der Waals surface area contributed by atoms with Gasteiger partial charge in [0.15, 0.2) is 0 Å². The fourth-order valence-electron chi connectivity index (χ4n) is 1.75. The number of nitrogens with two attached hydrogens (primary N) is 1. The molecule has 2 aromatic rings. The van der Waals surface area contributed by atoms with E-state index < -0.39 is 0 Å². The molecule has 0 saturated carbocycles. The number of hydrogen-bond acceptors (Lipinski definition) is 3. The highest BCUT2D eigenvalue weighted by atomic mass is 16.5. The molecule has 3 heteroatoms. The van der Waals surface area contributed by atoms with E-state index >= 15 is 0 Å². The molecule has 3 nitrogen and oxygen atoms in total. The molecule has 0 fully saturated rings. The zero-order valence-electron chi connectivity index (χ0n) is 10.3. The van der Waals surface area contributed by atoms with Crippen LogP contribution in [0.4, 0.5) is 0 Å². The van der Waals surface area contributed by atoms with Crippen molar-refractivity contribution in [1.29, 1.82) is 0 Å². The van der Waals surface area contributed by atoms with Crippen LogP contribution in [-0.2, 0) is 6.54 Å². The maximum Gasteiger partial charge on any atom is 0.221 e. The third-order valence-corrected chi connectivity index (χ3v) is 2.61. The summed E-state index contributed by atoms with van der Waals surface area (Å²) >= 11 is 0. The first kappa shape index (κ1) is 11.9. The summed E-state index contributed by atoms with van der Waals surface area (Å²) in [5, 5.41) is 2.17. The van der Waals surface area contributed by atoms with Gasteiger partial charge in [0.05, 0.1) is 6.61 Å². The van der Waals surface area contributed by atoms with E-state index in [0.717, 1.165) is 16.3 Å². The summed E-state index contributed by atoms with van der Waals surface area (Å²) in [6, 6.07) is 8.08. The van der Waals surface area contributed by atoms with E-state index in [1.165, 1.54) is 0 Å². The van der Waals surface area contributed by atoms with Crippen LogP contribution in [0.2, 0.25) is 0 Å². The van der Waals surface area contributed by atoms with Gasteiger partial charge in [-0.15, -0.1) is 0 Å². The second kappa shape index (κ2) is 5.15. The number of hydrogen-bond donors (Lipinski definition) is 1. The molecule has 0 unspecified atom stereocenters. The Morgan fingerprint density at radius 2 is 1.94 bits per heavy atom. The molecular formula is C14H18N2O. The SMILES string of the molecule is CC(C)COc1ncc(CN)c2ccccc12. The Labute approximate surface area is 102 Å². The summed E-state index contributed by atoms with van der Waals surface area (Å²) in [5.74, 6) is 1.19. The van der Waals surface area contributed by atoms with Crippen molar-refractivity contribution in [2.24, 2.45) is 11.7 Å². The normalized spacial score (nSPS) is 11.1.